The highest BCUT2D eigenvalue weighted by Crippen LogP contribution is 2.31. The second kappa shape index (κ2) is 5.14. The maximum Gasteiger partial charge on any atom is 0.124 e. The highest BCUT2D eigenvalue weighted by molar-refractivity contribution is 5.47. The minimum atomic E-state index is -0.276. The maximum atomic E-state index is 6.28. The molecule has 0 amide bonds. The van der Waals surface area contributed by atoms with Crippen LogP contribution < -0.4 is 10.5 Å². The molecule has 2 N–H and O–H groups in total. The number of aromatic nitrogens is 2. The molecule has 1 heterocycles. The zero-order valence-corrected chi connectivity index (χ0v) is 10.8. The lowest BCUT2D eigenvalue weighted by Gasteiger charge is -2.18. The van der Waals surface area contributed by atoms with Gasteiger partial charge in [-0.05, 0) is 31.0 Å². The van der Waals surface area contributed by atoms with Gasteiger partial charge in [0.25, 0.3) is 0 Å². The zero-order chi connectivity index (χ0) is 13.1. The van der Waals surface area contributed by atoms with Crippen molar-refractivity contribution in [1.82, 2.24) is 9.97 Å². The van der Waals surface area contributed by atoms with Crippen molar-refractivity contribution in [3.63, 3.8) is 0 Å². The fourth-order valence-corrected chi connectivity index (χ4v) is 2.15. The Balaban J connectivity index is 2.51. The minimum absolute atomic E-state index is 0.276. The monoisotopic (exact) mass is 243 g/mol. The number of hydrogen-bond donors (Lipinski definition) is 1. The molecule has 1 aromatic carbocycles. The summed E-state index contributed by atoms with van der Waals surface area (Å²) in [6, 6.07) is 3.81. The number of hydrogen-bond acceptors (Lipinski definition) is 4. The molecule has 1 aromatic heterocycles. The van der Waals surface area contributed by atoms with E-state index in [4.69, 9.17) is 10.5 Å². The van der Waals surface area contributed by atoms with E-state index >= 15 is 0 Å². The van der Waals surface area contributed by atoms with Crippen LogP contribution in [0.3, 0.4) is 0 Å². The standard InChI is InChI=1S/C14H17N3O/c1-9-4-10(2)13(12(5-9)18-3)14(15)11-6-16-8-17-7-11/h4-8,14H,15H2,1-3H3. The molecule has 0 fully saturated rings. The lowest BCUT2D eigenvalue weighted by molar-refractivity contribution is 0.407. The van der Waals surface area contributed by atoms with Gasteiger partial charge in [-0.25, -0.2) is 9.97 Å². The third-order valence-corrected chi connectivity index (χ3v) is 2.96. The summed E-state index contributed by atoms with van der Waals surface area (Å²) in [4.78, 5) is 8.00. The predicted molar refractivity (Wildman–Crippen MR) is 70.5 cm³/mol. The number of nitrogens with two attached hydrogens (primary N) is 1. The number of benzene rings is 1. The first-order chi connectivity index (χ1) is 8.63. The molecule has 1 unspecified atom stereocenters. The van der Waals surface area contributed by atoms with Gasteiger partial charge in [0.1, 0.15) is 12.1 Å². The Bertz CT molecular complexity index is 540. The van der Waals surface area contributed by atoms with Crippen LogP contribution in [0.15, 0.2) is 30.9 Å². The summed E-state index contributed by atoms with van der Waals surface area (Å²) >= 11 is 0. The number of methoxy groups -OCH3 is 1. The molecule has 2 rings (SSSR count). The number of rotatable bonds is 3. The van der Waals surface area contributed by atoms with Gasteiger partial charge in [0.05, 0.1) is 13.2 Å². The quantitative estimate of drug-likeness (QED) is 0.897. The van der Waals surface area contributed by atoms with E-state index in [-0.39, 0.29) is 6.04 Å². The molecule has 0 spiro atoms. The van der Waals surface area contributed by atoms with Gasteiger partial charge in [0, 0.05) is 23.5 Å². The van der Waals surface area contributed by atoms with Gasteiger partial charge in [-0.15, -0.1) is 0 Å². The van der Waals surface area contributed by atoms with Gasteiger partial charge in [-0.3, -0.25) is 0 Å². The number of ether oxygens (including phenoxy) is 1. The van der Waals surface area contributed by atoms with Crippen LogP contribution in [0.4, 0.5) is 0 Å². The highest BCUT2D eigenvalue weighted by atomic mass is 16.5. The first-order valence-corrected chi connectivity index (χ1v) is 5.79. The summed E-state index contributed by atoms with van der Waals surface area (Å²) in [6.45, 7) is 4.07. The van der Waals surface area contributed by atoms with Gasteiger partial charge >= 0.3 is 0 Å². The number of aryl methyl sites for hydroxylation is 2. The van der Waals surface area contributed by atoms with Gasteiger partial charge in [-0.2, -0.15) is 0 Å². The van der Waals surface area contributed by atoms with Gasteiger partial charge in [-0.1, -0.05) is 6.07 Å². The SMILES string of the molecule is COc1cc(C)cc(C)c1C(N)c1cncnc1. The summed E-state index contributed by atoms with van der Waals surface area (Å²) in [7, 11) is 1.66. The molecule has 4 heteroatoms. The fourth-order valence-electron chi connectivity index (χ4n) is 2.15. The van der Waals surface area contributed by atoms with E-state index in [2.05, 4.69) is 16.0 Å². The van der Waals surface area contributed by atoms with Crippen LogP contribution in [-0.4, -0.2) is 17.1 Å². The molecule has 1 atom stereocenters. The van der Waals surface area contributed by atoms with Crippen molar-refractivity contribution in [2.45, 2.75) is 19.9 Å². The van der Waals surface area contributed by atoms with Gasteiger partial charge in [0.15, 0.2) is 0 Å². The zero-order valence-electron chi connectivity index (χ0n) is 10.8. The highest BCUT2D eigenvalue weighted by Gasteiger charge is 2.17. The van der Waals surface area contributed by atoms with E-state index in [1.165, 1.54) is 6.33 Å². The van der Waals surface area contributed by atoms with Gasteiger partial charge in [0.2, 0.25) is 0 Å². The summed E-state index contributed by atoms with van der Waals surface area (Å²) < 4.78 is 5.43. The largest absolute Gasteiger partial charge is 0.496 e. The average Bonchev–Trinajstić information content (AvgIpc) is 2.38. The van der Waals surface area contributed by atoms with E-state index in [0.717, 1.165) is 28.0 Å². The summed E-state index contributed by atoms with van der Waals surface area (Å²) in [5.41, 5.74) is 10.4. The van der Waals surface area contributed by atoms with Crippen molar-refractivity contribution >= 4 is 0 Å². The minimum Gasteiger partial charge on any atom is -0.496 e. The third kappa shape index (κ3) is 2.33. The Labute approximate surface area is 107 Å². The Kier molecular flexibility index (Phi) is 3.58. The second-order valence-electron chi connectivity index (χ2n) is 4.35. The van der Waals surface area contributed by atoms with E-state index in [9.17, 15) is 0 Å². The van der Waals surface area contributed by atoms with Crippen molar-refractivity contribution < 1.29 is 4.74 Å². The van der Waals surface area contributed by atoms with Gasteiger partial charge < -0.3 is 10.5 Å². The maximum absolute atomic E-state index is 6.28. The van der Waals surface area contributed by atoms with Crippen LogP contribution in [0, 0.1) is 13.8 Å². The van der Waals surface area contributed by atoms with Crippen LogP contribution in [0.5, 0.6) is 5.75 Å². The van der Waals surface area contributed by atoms with E-state index in [1.807, 2.05) is 19.9 Å². The molecule has 0 saturated carbocycles. The Morgan fingerprint density at radius 3 is 2.44 bits per heavy atom. The van der Waals surface area contributed by atoms with E-state index < -0.39 is 0 Å². The smallest absolute Gasteiger partial charge is 0.124 e. The molecule has 0 radical (unpaired) electrons. The molecule has 2 aromatic rings. The predicted octanol–water partition coefficient (Wildman–Crippen LogP) is 2.15. The molecule has 0 aliphatic rings. The topological polar surface area (TPSA) is 61.0 Å². The van der Waals surface area contributed by atoms with Crippen molar-refractivity contribution in [3.8, 4) is 5.75 Å². The Morgan fingerprint density at radius 2 is 1.83 bits per heavy atom. The molecule has 0 bridgehead atoms. The lowest BCUT2D eigenvalue weighted by atomic mass is 9.95. The fraction of sp³-hybridized carbons (Fsp3) is 0.286. The first-order valence-electron chi connectivity index (χ1n) is 5.79. The molecule has 94 valence electrons. The molecule has 0 aliphatic heterocycles. The molecular formula is C14H17N3O. The Morgan fingerprint density at radius 1 is 1.17 bits per heavy atom. The second-order valence-corrected chi connectivity index (χ2v) is 4.35. The van der Waals surface area contributed by atoms with Crippen LogP contribution in [0.2, 0.25) is 0 Å². The van der Waals surface area contributed by atoms with Crippen LogP contribution in [0.1, 0.15) is 28.3 Å². The van der Waals surface area contributed by atoms with Crippen molar-refractivity contribution in [2.75, 3.05) is 7.11 Å². The van der Waals surface area contributed by atoms with E-state index in [1.54, 1.807) is 19.5 Å². The van der Waals surface area contributed by atoms with Crippen molar-refractivity contribution in [1.29, 1.82) is 0 Å². The summed E-state index contributed by atoms with van der Waals surface area (Å²) in [6.07, 6.45) is 4.96. The third-order valence-electron chi connectivity index (χ3n) is 2.96. The van der Waals surface area contributed by atoms with Crippen molar-refractivity contribution in [3.05, 3.63) is 53.1 Å². The first kappa shape index (κ1) is 12.5. The molecule has 18 heavy (non-hydrogen) atoms. The Hall–Kier alpha value is -1.94. The average molecular weight is 243 g/mol. The van der Waals surface area contributed by atoms with Crippen LogP contribution in [0.25, 0.3) is 0 Å². The normalized spacial score (nSPS) is 12.2. The lowest BCUT2D eigenvalue weighted by Crippen LogP contribution is -2.15. The summed E-state index contributed by atoms with van der Waals surface area (Å²) in [5.74, 6) is 0.809. The van der Waals surface area contributed by atoms with Crippen LogP contribution >= 0.6 is 0 Å². The number of nitrogens with zero attached hydrogens (tertiary/aromatic N) is 2. The molecular weight excluding hydrogens is 226 g/mol. The van der Waals surface area contributed by atoms with E-state index in [0.29, 0.717) is 0 Å². The molecule has 4 nitrogen and oxygen atoms in total. The molecule has 0 saturated heterocycles. The summed E-state index contributed by atoms with van der Waals surface area (Å²) in [5, 5.41) is 0. The van der Waals surface area contributed by atoms with Crippen LogP contribution in [-0.2, 0) is 0 Å². The van der Waals surface area contributed by atoms with Crippen molar-refractivity contribution in [2.24, 2.45) is 5.73 Å². The molecule has 0 aliphatic carbocycles.